The van der Waals surface area contributed by atoms with Crippen molar-refractivity contribution in [2.24, 2.45) is 0 Å². The second kappa shape index (κ2) is 13.7. The summed E-state index contributed by atoms with van der Waals surface area (Å²) in [4.78, 5) is 15.7. The van der Waals surface area contributed by atoms with Crippen LogP contribution >= 0.6 is 0 Å². The maximum atomic E-state index is 9.84. The minimum atomic E-state index is -0.296. The quantitative estimate of drug-likeness (QED) is 0.174. The molecular weight excluding hydrogens is 755 g/mol. The standard InChI is InChI=1S/C57H37N5/c1-57(2)50-32-39(38-25-29-53-49(31-38)48-30-35(34-58)22-28-52(48)62(53)41-16-4-3-5-17-41)23-26-44(50)45-27-24-40(33-51(45)57)54-59-55(46-20-10-14-36-12-6-8-18-42(36)46)61-56(60-54)47-21-11-15-37-13-7-9-19-43(37)47/h3-33H,1-2H3. The van der Waals surface area contributed by atoms with Crippen LogP contribution in [0.5, 0.6) is 0 Å². The van der Waals surface area contributed by atoms with E-state index < -0.39 is 0 Å². The van der Waals surface area contributed by atoms with Crippen molar-refractivity contribution in [2.45, 2.75) is 19.3 Å². The van der Waals surface area contributed by atoms with Crippen molar-refractivity contribution in [1.29, 1.82) is 5.26 Å². The highest BCUT2D eigenvalue weighted by atomic mass is 15.0. The lowest BCUT2D eigenvalue weighted by Crippen LogP contribution is -2.15. The number of nitrogens with zero attached hydrogens (tertiary/aromatic N) is 5. The average Bonchev–Trinajstić information content (AvgIpc) is 3.77. The number of para-hydroxylation sites is 1. The molecule has 11 aromatic rings. The van der Waals surface area contributed by atoms with Crippen LogP contribution in [-0.4, -0.2) is 19.5 Å². The molecule has 0 radical (unpaired) electrons. The van der Waals surface area contributed by atoms with Crippen LogP contribution in [0.4, 0.5) is 0 Å². The number of nitriles is 1. The molecule has 0 saturated heterocycles. The van der Waals surface area contributed by atoms with Crippen molar-refractivity contribution in [3.8, 4) is 68.2 Å². The summed E-state index contributed by atoms with van der Waals surface area (Å²) in [6.07, 6.45) is 0. The molecule has 5 nitrogen and oxygen atoms in total. The van der Waals surface area contributed by atoms with Crippen LogP contribution in [-0.2, 0) is 5.41 Å². The number of hydrogen-bond donors (Lipinski definition) is 0. The predicted octanol–water partition coefficient (Wildman–Crippen LogP) is 14.1. The van der Waals surface area contributed by atoms with Crippen LogP contribution in [0, 0.1) is 11.3 Å². The van der Waals surface area contributed by atoms with Gasteiger partial charge in [-0.25, -0.2) is 15.0 Å². The lowest BCUT2D eigenvalue weighted by atomic mass is 9.81. The first-order valence-electron chi connectivity index (χ1n) is 21.0. The molecule has 0 amide bonds. The topological polar surface area (TPSA) is 67.4 Å². The Labute approximate surface area is 358 Å². The Morgan fingerprint density at radius 1 is 0.419 bits per heavy atom. The zero-order valence-electron chi connectivity index (χ0n) is 34.1. The van der Waals surface area contributed by atoms with E-state index in [1.54, 1.807) is 0 Å². The first kappa shape index (κ1) is 35.7. The van der Waals surface area contributed by atoms with Gasteiger partial charge >= 0.3 is 0 Å². The van der Waals surface area contributed by atoms with Gasteiger partial charge in [0, 0.05) is 38.6 Å². The summed E-state index contributed by atoms with van der Waals surface area (Å²) in [5.41, 5.74) is 13.8. The third kappa shape index (κ3) is 5.51. The summed E-state index contributed by atoms with van der Waals surface area (Å²) in [5, 5.41) is 16.5. The van der Waals surface area contributed by atoms with Gasteiger partial charge in [0.1, 0.15) is 0 Å². The van der Waals surface area contributed by atoms with Crippen molar-refractivity contribution < 1.29 is 0 Å². The average molecular weight is 792 g/mol. The minimum absolute atomic E-state index is 0.296. The van der Waals surface area contributed by atoms with Crippen molar-refractivity contribution in [2.75, 3.05) is 0 Å². The fourth-order valence-electron chi connectivity index (χ4n) is 9.77. The van der Waals surface area contributed by atoms with Crippen LogP contribution in [0.25, 0.3) is 105 Å². The highest BCUT2D eigenvalue weighted by Crippen LogP contribution is 2.51. The normalized spacial score (nSPS) is 12.8. The molecule has 12 rings (SSSR count). The molecule has 5 heteroatoms. The van der Waals surface area contributed by atoms with Crippen LogP contribution in [0.1, 0.15) is 30.5 Å². The van der Waals surface area contributed by atoms with Gasteiger partial charge in [-0.15, -0.1) is 0 Å². The zero-order chi connectivity index (χ0) is 41.5. The summed E-state index contributed by atoms with van der Waals surface area (Å²) in [6, 6.07) is 68.5. The number of aromatic nitrogens is 4. The smallest absolute Gasteiger partial charge is 0.164 e. The van der Waals surface area contributed by atoms with Crippen molar-refractivity contribution in [3.05, 3.63) is 205 Å². The summed E-state index contributed by atoms with van der Waals surface area (Å²) < 4.78 is 2.29. The maximum absolute atomic E-state index is 9.84. The van der Waals surface area contributed by atoms with E-state index in [4.69, 9.17) is 15.0 Å². The molecule has 2 heterocycles. The van der Waals surface area contributed by atoms with Gasteiger partial charge in [-0.05, 0) is 110 Å². The van der Waals surface area contributed by atoms with Gasteiger partial charge in [-0.2, -0.15) is 5.26 Å². The Kier molecular flexibility index (Phi) is 7.88. The van der Waals surface area contributed by atoms with Crippen LogP contribution < -0.4 is 0 Å². The van der Waals surface area contributed by atoms with Crippen molar-refractivity contribution >= 4 is 43.4 Å². The van der Waals surface area contributed by atoms with Crippen LogP contribution in [0.15, 0.2) is 188 Å². The number of hydrogen-bond acceptors (Lipinski definition) is 4. The van der Waals surface area contributed by atoms with Crippen LogP contribution in [0.2, 0.25) is 0 Å². The minimum Gasteiger partial charge on any atom is -0.309 e. The molecule has 9 aromatic carbocycles. The van der Waals surface area contributed by atoms with Gasteiger partial charge in [0.15, 0.2) is 17.5 Å². The molecule has 0 bridgehead atoms. The van der Waals surface area contributed by atoms with Gasteiger partial charge in [-0.3, -0.25) is 0 Å². The summed E-state index contributed by atoms with van der Waals surface area (Å²) in [6.45, 7) is 4.64. The summed E-state index contributed by atoms with van der Waals surface area (Å²) >= 11 is 0. The molecule has 0 unspecified atom stereocenters. The molecule has 0 saturated carbocycles. The molecule has 0 fully saturated rings. The van der Waals surface area contributed by atoms with E-state index >= 15 is 0 Å². The fourth-order valence-corrected chi connectivity index (χ4v) is 9.77. The summed E-state index contributed by atoms with van der Waals surface area (Å²) in [5.74, 6) is 1.94. The van der Waals surface area contributed by atoms with Gasteiger partial charge in [0.25, 0.3) is 0 Å². The Bertz CT molecular complexity index is 3580. The number of fused-ring (bicyclic) bond motifs is 8. The van der Waals surface area contributed by atoms with Gasteiger partial charge < -0.3 is 4.57 Å². The number of benzene rings is 9. The highest BCUT2D eigenvalue weighted by Gasteiger charge is 2.36. The van der Waals surface area contributed by atoms with Crippen LogP contribution in [0.3, 0.4) is 0 Å². The Morgan fingerprint density at radius 3 is 1.56 bits per heavy atom. The van der Waals surface area contributed by atoms with Gasteiger partial charge in [0.2, 0.25) is 0 Å². The largest absolute Gasteiger partial charge is 0.309 e. The van der Waals surface area contributed by atoms with E-state index in [0.717, 1.165) is 76.9 Å². The first-order valence-corrected chi connectivity index (χ1v) is 21.0. The molecule has 0 aliphatic heterocycles. The molecular formula is C57H37N5. The Balaban J connectivity index is 0.978. The molecule has 2 aromatic heterocycles. The first-order chi connectivity index (χ1) is 30.4. The second-order valence-electron chi connectivity index (χ2n) is 16.8. The van der Waals surface area contributed by atoms with Crippen molar-refractivity contribution in [3.63, 3.8) is 0 Å². The molecule has 1 aliphatic carbocycles. The zero-order valence-corrected chi connectivity index (χ0v) is 34.1. The molecule has 0 N–H and O–H groups in total. The van der Waals surface area contributed by atoms with Gasteiger partial charge in [0.05, 0.1) is 22.7 Å². The molecule has 0 atom stereocenters. The van der Waals surface area contributed by atoms with E-state index in [-0.39, 0.29) is 5.41 Å². The molecule has 290 valence electrons. The Hall–Kier alpha value is -8.20. The molecule has 62 heavy (non-hydrogen) atoms. The molecule has 0 spiro atoms. The van der Waals surface area contributed by atoms with E-state index in [9.17, 15) is 5.26 Å². The van der Waals surface area contributed by atoms with Gasteiger partial charge in [-0.1, -0.05) is 147 Å². The van der Waals surface area contributed by atoms with E-state index in [1.165, 1.54) is 22.3 Å². The second-order valence-corrected chi connectivity index (χ2v) is 16.8. The monoisotopic (exact) mass is 791 g/mol. The van der Waals surface area contributed by atoms with E-state index in [1.807, 2.05) is 18.2 Å². The Morgan fingerprint density at radius 2 is 0.919 bits per heavy atom. The lowest BCUT2D eigenvalue weighted by molar-refractivity contribution is 0.661. The fraction of sp³-hybridized carbons (Fsp3) is 0.0526. The highest BCUT2D eigenvalue weighted by molar-refractivity contribution is 6.11. The predicted molar refractivity (Wildman–Crippen MR) is 253 cm³/mol. The van der Waals surface area contributed by atoms with E-state index in [2.05, 4.69) is 194 Å². The lowest BCUT2D eigenvalue weighted by Gasteiger charge is -2.22. The summed E-state index contributed by atoms with van der Waals surface area (Å²) in [7, 11) is 0. The third-order valence-electron chi connectivity index (χ3n) is 12.9. The van der Waals surface area contributed by atoms with E-state index in [0.29, 0.717) is 23.0 Å². The molecule has 1 aliphatic rings. The number of rotatable bonds is 5. The van der Waals surface area contributed by atoms with Crippen molar-refractivity contribution in [1.82, 2.24) is 19.5 Å². The SMILES string of the molecule is CC1(C)c2cc(-c3ccc4c(c3)c3cc(C#N)ccc3n4-c3ccccc3)ccc2-c2ccc(-c3nc(-c4cccc5ccccc45)nc(-c4cccc5ccccc45)n3)cc21. The third-order valence-corrected chi connectivity index (χ3v) is 12.9. The maximum Gasteiger partial charge on any atom is 0.164 e.